The zero-order valence-electron chi connectivity index (χ0n) is 11.7. The first-order valence-electron chi connectivity index (χ1n) is 7.35. The van der Waals surface area contributed by atoms with Crippen LogP contribution in [0.25, 0.3) is 22.4 Å². The number of imidazole rings is 1. The van der Waals surface area contributed by atoms with Gasteiger partial charge in [0.2, 0.25) is 0 Å². The van der Waals surface area contributed by atoms with Crippen molar-refractivity contribution in [1.29, 1.82) is 5.26 Å². The minimum Gasteiger partial charge on any atom is -0.338 e. The Morgan fingerprint density at radius 3 is 2.71 bits per heavy atom. The second-order valence-electron chi connectivity index (χ2n) is 5.62. The van der Waals surface area contributed by atoms with Crippen molar-refractivity contribution in [2.24, 2.45) is 0 Å². The Morgan fingerprint density at radius 1 is 1.00 bits per heavy atom. The van der Waals surface area contributed by atoms with E-state index in [-0.39, 0.29) is 0 Å². The van der Waals surface area contributed by atoms with Crippen LogP contribution in [0.4, 0.5) is 0 Å². The van der Waals surface area contributed by atoms with Crippen LogP contribution in [0.2, 0.25) is 0 Å². The summed E-state index contributed by atoms with van der Waals surface area (Å²) in [6.45, 7) is 0. The Balaban J connectivity index is 1.81. The van der Waals surface area contributed by atoms with Gasteiger partial charge in [-0.25, -0.2) is 4.98 Å². The van der Waals surface area contributed by atoms with E-state index in [4.69, 9.17) is 5.26 Å². The molecule has 4 rings (SSSR count). The van der Waals surface area contributed by atoms with Crippen LogP contribution >= 0.6 is 0 Å². The number of benzene rings is 2. The van der Waals surface area contributed by atoms with Crippen molar-refractivity contribution in [3.05, 3.63) is 53.1 Å². The van der Waals surface area contributed by atoms with Crippen LogP contribution in [0.1, 0.15) is 29.5 Å². The van der Waals surface area contributed by atoms with Crippen LogP contribution in [0, 0.1) is 11.3 Å². The number of H-pyrrole nitrogens is 1. The molecule has 0 saturated carbocycles. The molecule has 0 bridgehead atoms. The normalized spacial score (nSPS) is 13.9. The fraction of sp³-hybridized carbons (Fsp3) is 0.222. The predicted octanol–water partition coefficient (Wildman–Crippen LogP) is 3.98. The smallest absolute Gasteiger partial charge is 0.138 e. The van der Waals surface area contributed by atoms with Crippen molar-refractivity contribution in [2.45, 2.75) is 25.7 Å². The molecule has 1 N–H and O–H groups in total. The molecular formula is C18H15N3. The summed E-state index contributed by atoms with van der Waals surface area (Å²) in [7, 11) is 0. The molecule has 3 nitrogen and oxygen atoms in total. The van der Waals surface area contributed by atoms with Crippen LogP contribution in [-0.2, 0) is 12.8 Å². The molecule has 0 spiro atoms. The molecule has 2 aromatic carbocycles. The first-order valence-corrected chi connectivity index (χ1v) is 7.35. The highest BCUT2D eigenvalue weighted by Gasteiger charge is 2.12. The van der Waals surface area contributed by atoms with Crippen molar-refractivity contribution < 1.29 is 0 Å². The lowest BCUT2D eigenvalue weighted by molar-refractivity contribution is 0.686. The first kappa shape index (κ1) is 12.2. The van der Waals surface area contributed by atoms with Gasteiger partial charge in [-0.2, -0.15) is 5.26 Å². The molecule has 102 valence electrons. The molecule has 1 aliphatic carbocycles. The third kappa shape index (κ3) is 2.09. The van der Waals surface area contributed by atoms with Gasteiger partial charge in [0, 0.05) is 5.56 Å². The summed E-state index contributed by atoms with van der Waals surface area (Å²) >= 11 is 0. The maximum atomic E-state index is 8.97. The van der Waals surface area contributed by atoms with Crippen LogP contribution in [0.3, 0.4) is 0 Å². The molecule has 1 aromatic heterocycles. The van der Waals surface area contributed by atoms with E-state index in [2.05, 4.69) is 34.2 Å². The third-order valence-electron chi connectivity index (χ3n) is 4.23. The van der Waals surface area contributed by atoms with E-state index in [0.29, 0.717) is 5.56 Å². The number of nitrogens with one attached hydrogen (secondary N) is 1. The van der Waals surface area contributed by atoms with Gasteiger partial charge in [0.15, 0.2) is 0 Å². The van der Waals surface area contributed by atoms with Gasteiger partial charge in [0.25, 0.3) is 0 Å². The second kappa shape index (κ2) is 4.75. The van der Waals surface area contributed by atoms with Gasteiger partial charge in [-0.1, -0.05) is 12.1 Å². The molecule has 3 heteroatoms. The number of aromatic amines is 1. The maximum Gasteiger partial charge on any atom is 0.138 e. The molecule has 1 heterocycles. The number of nitrogens with zero attached hydrogens (tertiary/aromatic N) is 2. The van der Waals surface area contributed by atoms with Gasteiger partial charge in [-0.15, -0.1) is 0 Å². The number of fused-ring (bicyclic) bond motifs is 2. The third-order valence-corrected chi connectivity index (χ3v) is 4.23. The molecule has 1 aliphatic rings. The topological polar surface area (TPSA) is 52.5 Å². The number of aromatic nitrogens is 2. The second-order valence-corrected chi connectivity index (χ2v) is 5.62. The Morgan fingerprint density at radius 2 is 1.86 bits per heavy atom. The highest BCUT2D eigenvalue weighted by molar-refractivity contribution is 5.80. The maximum absolute atomic E-state index is 8.97. The molecule has 0 saturated heterocycles. The molecule has 21 heavy (non-hydrogen) atoms. The fourth-order valence-corrected chi connectivity index (χ4v) is 3.10. The average Bonchev–Trinajstić information content (AvgIpc) is 2.97. The van der Waals surface area contributed by atoms with Crippen molar-refractivity contribution in [1.82, 2.24) is 9.97 Å². The number of hydrogen-bond acceptors (Lipinski definition) is 2. The quantitative estimate of drug-likeness (QED) is 0.729. The molecule has 0 fully saturated rings. The molecule has 0 radical (unpaired) electrons. The standard InChI is InChI=1S/C18H15N3/c19-11-12-5-8-16-17(9-12)21-18(20-16)15-7-6-13-3-1-2-4-14(13)10-15/h5-10H,1-4H2,(H,20,21). The highest BCUT2D eigenvalue weighted by Crippen LogP contribution is 2.27. The van der Waals surface area contributed by atoms with Gasteiger partial charge in [-0.05, 0) is 61.1 Å². The Hall–Kier alpha value is -2.60. The van der Waals surface area contributed by atoms with Crippen LogP contribution in [0.5, 0.6) is 0 Å². The zero-order valence-corrected chi connectivity index (χ0v) is 11.7. The molecule has 0 atom stereocenters. The molecular weight excluding hydrogens is 258 g/mol. The molecule has 3 aromatic rings. The van der Waals surface area contributed by atoms with Crippen molar-refractivity contribution >= 4 is 11.0 Å². The minimum absolute atomic E-state index is 0.656. The lowest BCUT2D eigenvalue weighted by Crippen LogP contribution is -2.02. The highest BCUT2D eigenvalue weighted by atomic mass is 14.9. The largest absolute Gasteiger partial charge is 0.338 e. The number of aryl methyl sites for hydroxylation is 2. The van der Waals surface area contributed by atoms with E-state index >= 15 is 0 Å². The van der Waals surface area contributed by atoms with Crippen molar-refractivity contribution in [3.63, 3.8) is 0 Å². The summed E-state index contributed by atoms with van der Waals surface area (Å²) in [4.78, 5) is 7.97. The van der Waals surface area contributed by atoms with Gasteiger partial charge in [0.1, 0.15) is 5.82 Å². The van der Waals surface area contributed by atoms with E-state index < -0.39 is 0 Å². The Labute approximate surface area is 123 Å². The van der Waals surface area contributed by atoms with E-state index in [1.54, 1.807) is 6.07 Å². The van der Waals surface area contributed by atoms with Crippen molar-refractivity contribution in [3.8, 4) is 17.5 Å². The van der Waals surface area contributed by atoms with E-state index in [0.717, 1.165) is 22.4 Å². The number of rotatable bonds is 1. The summed E-state index contributed by atoms with van der Waals surface area (Å²) in [5.41, 5.74) is 6.54. The zero-order chi connectivity index (χ0) is 14.2. The van der Waals surface area contributed by atoms with Crippen LogP contribution < -0.4 is 0 Å². The lowest BCUT2D eigenvalue weighted by atomic mass is 9.90. The van der Waals surface area contributed by atoms with E-state index in [1.165, 1.54) is 36.8 Å². The average molecular weight is 273 g/mol. The summed E-state index contributed by atoms with van der Waals surface area (Å²) in [6, 6.07) is 14.4. The van der Waals surface area contributed by atoms with Gasteiger partial charge in [0.05, 0.1) is 22.7 Å². The predicted molar refractivity (Wildman–Crippen MR) is 82.9 cm³/mol. The molecule has 0 unspecified atom stereocenters. The summed E-state index contributed by atoms with van der Waals surface area (Å²) in [5, 5.41) is 8.97. The lowest BCUT2D eigenvalue weighted by Gasteiger charge is -2.15. The van der Waals surface area contributed by atoms with Gasteiger partial charge >= 0.3 is 0 Å². The molecule has 0 amide bonds. The van der Waals surface area contributed by atoms with Crippen LogP contribution in [-0.4, -0.2) is 9.97 Å². The number of hydrogen-bond donors (Lipinski definition) is 1. The molecule has 0 aliphatic heterocycles. The van der Waals surface area contributed by atoms with Gasteiger partial charge < -0.3 is 4.98 Å². The Kier molecular flexibility index (Phi) is 2.75. The minimum atomic E-state index is 0.656. The van der Waals surface area contributed by atoms with Crippen LogP contribution in [0.15, 0.2) is 36.4 Å². The van der Waals surface area contributed by atoms with Crippen molar-refractivity contribution in [2.75, 3.05) is 0 Å². The fourth-order valence-electron chi connectivity index (χ4n) is 3.10. The first-order chi connectivity index (χ1) is 10.3. The van der Waals surface area contributed by atoms with Gasteiger partial charge in [-0.3, -0.25) is 0 Å². The summed E-state index contributed by atoms with van der Waals surface area (Å²) in [6.07, 6.45) is 4.94. The summed E-state index contributed by atoms with van der Waals surface area (Å²) < 4.78 is 0. The SMILES string of the molecule is N#Cc1ccc2nc(-c3ccc4c(c3)CCCC4)[nH]c2c1. The van der Waals surface area contributed by atoms with E-state index in [9.17, 15) is 0 Å². The summed E-state index contributed by atoms with van der Waals surface area (Å²) in [5.74, 6) is 0.883. The van der Waals surface area contributed by atoms with E-state index in [1.807, 2.05) is 12.1 Å². The monoisotopic (exact) mass is 273 g/mol. The number of nitriles is 1. The Bertz CT molecular complexity index is 868.